The summed E-state index contributed by atoms with van der Waals surface area (Å²) in [5, 5.41) is 10.4. The number of dihydropyridines is 1. The molecule has 1 saturated carbocycles. The van der Waals surface area contributed by atoms with Gasteiger partial charge in [0.25, 0.3) is 0 Å². The number of halogens is 1. The van der Waals surface area contributed by atoms with Crippen LogP contribution < -0.4 is 16.0 Å². The van der Waals surface area contributed by atoms with Crippen molar-refractivity contribution < 1.29 is 13.9 Å². The highest BCUT2D eigenvalue weighted by molar-refractivity contribution is 6.01. The number of aliphatic imine (C=N–C) groups is 1. The number of anilines is 1. The number of hydrogen-bond acceptors (Lipinski definition) is 8. The lowest BCUT2D eigenvalue weighted by Crippen LogP contribution is -2.43. The van der Waals surface area contributed by atoms with Crippen LogP contribution >= 0.6 is 0 Å². The molecule has 0 aromatic carbocycles. The lowest BCUT2D eigenvalue weighted by Gasteiger charge is -2.31. The average molecular weight is 461 g/mol. The van der Waals surface area contributed by atoms with Crippen LogP contribution in [0.2, 0.25) is 0 Å². The molecular weight excluding hydrogens is 423 g/mol. The van der Waals surface area contributed by atoms with Crippen LogP contribution in [0.4, 0.5) is 10.3 Å². The van der Waals surface area contributed by atoms with Gasteiger partial charge in [0.05, 0.1) is 18.8 Å². The Hall–Kier alpha value is -2.10. The second-order valence-corrected chi connectivity index (χ2v) is 9.14. The molecule has 1 saturated heterocycles. The van der Waals surface area contributed by atoms with Gasteiger partial charge in [-0.3, -0.25) is 4.99 Å². The van der Waals surface area contributed by atoms with Gasteiger partial charge in [-0.15, -0.1) is 0 Å². The van der Waals surface area contributed by atoms with Gasteiger partial charge in [-0.1, -0.05) is 0 Å². The first-order valence-corrected chi connectivity index (χ1v) is 12.2. The zero-order chi connectivity index (χ0) is 22.9. The van der Waals surface area contributed by atoms with E-state index >= 15 is 0 Å². The Morgan fingerprint density at radius 1 is 1.12 bits per heavy atom. The van der Waals surface area contributed by atoms with Gasteiger partial charge in [0.2, 0.25) is 5.95 Å². The normalized spacial score (nSPS) is 26.4. The molecule has 1 atom stereocenters. The van der Waals surface area contributed by atoms with Gasteiger partial charge in [-0.25, -0.2) is 14.4 Å². The van der Waals surface area contributed by atoms with E-state index in [1.54, 1.807) is 19.4 Å². The monoisotopic (exact) mass is 460 g/mol. The zero-order valence-corrected chi connectivity index (χ0v) is 19.6. The van der Waals surface area contributed by atoms with Gasteiger partial charge >= 0.3 is 0 Å². The minimum Gasteiger partial charge on any atom is -0.383 e. The Balaban J connectivity index is 1.31. The van der Waals surface area contributed by atoms with Crippen molar-refractivity contribution in [3.05, 3.63) is 24.0 Å². The topological polar surface area (TPSA) is 92.7 Å². The van der Waals surface area contributed by atoms with Gasteiger partial charge in [-0.2, -0.15) is 0 Å². The maximum absolute atomic E-state index is 14.8. The number of nitrogens with zero attached hydrogens (tertiary/aromatic N) is 3. The second-order valence-electron chi connectivity index (χ2n) is 9.14. The van der Waals surface area contributed by atoms with Crippen molar-refractivity contribution in [3.63, 3.8) is 0 Å². The summed E-state index contributed by atoms with van der Waals surface area (Å²) < 4.78 is 25.3. The first-order valence-electron chi connectivity index (χ1n) is 12.2. The Morgan fingerprint density at radius 2 is 1.91 bits per heavy atom. The summed E-state index contributed by atoms with van der Waals surface area (Å²) in [5.74, 6) is 1.86. The number of ether oxygens (including phenoxy) is 2. The van der Waals surface area contributed by atoms with Crippen molar-refractivity contribution in [3.8, 4) is 0 Å². The number of aromatic nitrogens is 2. The predicted octanol–water partition coefficient (Wildman–Crippen LogP) is 2.59. The summed E-state index contributed by atoms with van der Waals surface area (Å²) in [6.07, 6.45) is 8.81. The molecule has 3 N–H and O–H groups in total. The van der Waals surface area contributed by atoms with Gasteiger partial charge in [-0.05, 0) is 56.6 Å². The van der Waals surface area contributed by atoms with Crippen molar-refractivity contribution in [1.29, 1.82) is 0 Å². The molecule has 3 heterocycles. The number of rotatable bonds is 9. The van der Waals surface area contributed by atoms with E-state index in [1.165, 1.54) is 0 Å². The molecule has 0 amide bonds. The van der Waals surface area contributed by atoms with Crippen molar-refractivity contribution in [2.45, 2.75) is 56.8 Å². The molecule has 1 aromatic heterocycles. The molecular formula is C24H37FN6O2. The quantitative estimate of drug-likeness (QED) is 0.488. The first-order chi connectivity index (χ1) is 16.2. The van der Waals surface area contributed by atoms with E-state index in [1.807, 2.05) is 6.08 Å². The molecule has 1 unspecified atom stereocenters. The molecule has 2 aliphatic heterocycles. The third-order valence-electron chi connectivity index (χ3n) is 6.71. The van der Waals surface area contributed by atoms with E-state index in [0.717, 1.165) is 77.3 Å². The van der Waals surface area contributed by atoms with Crippen LogP contribution in [0.5, 0.6) is 0 Å². The van der Waals surface area contributed by atoms with Crippen molar-refractivity contribution in [2.75, 3.05) is 51.9 Å². The number of nitrogens with one attached hydrogen (secondary N) is 3. The molecule has 9 heteroatoms. The minimum atomic E-state index is -1.16. The maximum Gasteiger partial charge on any atom is 0.223 e. The fourth-order valence-corrected chi connectivity index (χ4v) is 4.69. The molecule has 182 valence electrons. The summed E-state index contributed by atoms with van der Waals surface area (Å²) >= 11 is 0. The number of amidine groups is 1. The van der Waals surface area contributed by atoms with Crippen LogP contribution in [-0.2, 0) is 9.47 Å². The lowest BCUT2D eigenvalue weighted by molar-refractivity contribution is 0.0699. The highest BCUT2D eigenvalue weighted by atomic mass is 19.1. The summed E-state index contributed by atoms with van der Waals surface area (Å²) in [6, 6.07) is 2.68. The highest BCUT2D eigenvalue weighted by Gasteiger charge is 2.25. The average Bonchev–Trinajstić information content (AvgIpc) is 2.86. The number of methoxy groups -OCH3 is 1. The van der Waals surface area contributed by atoms with Gasteiger partial charge in [0.1, 0.15) is 12.0 Å². The molecule has 8 nitrogen and oxygen atoms in total. The third kappa shape index (κ3) is 7.19. The summed E-state index contributed by atoms with van der Waals surface area (Å²) in [4.78, 5) is 13.4. The molecule has 0 spiro atoms. The SMILES string of the molecule is COCCNC1CCC(NC2=NCC(F)C(c3ccnc(NCC4CCOCC4)n3)=C2)CC1. The Morgan fingerprint density at radius 3 is 2.70 bits per heavy atom. The molecule has 4 rings (SSSR count). The van der Waals surface area contributed by atoms with E-state index in [9.17, 15) is 4.39 Å². The van der Waals surface area contributed by atoms with Crippen molar-refractivity contribution in [1.82, 2.24) is 20.6 Å². The molecule has 2 fully saturated rings. The largest absolute Gasteiger partial charge is 0.383 e. The Labute approximate surface area is 195 Å². The Kier molecular flexibility index (Phi) is 9.02. The lowest BCUT2D eigenvalue weighted by atomic mass is 9.91. The number of hydrogen-bond donors (Lipinski definition) is 3. The molecule has 33 heavy (non-hydrogen) atoms. The van der Waals surface area contributed by atoms with E-state index in [2.05, 4.69) is 30.9 Å². The van der Waals surface area contributed by atoms with Crippen LogP contribution in [0.3, 0.4) is 0 Å². The third-order valence-corrected chi connectivity index (χ3v) is 6.71. The first kappa shape index (κ1) is 24.0. The minimum absolute atomic E-state index is 0.122. The van der Waals surface area contributed by atoms with Crippen molar-refractivity contribution >= 4 is 17.4 Å². The Bertz CT molecular complexity index is 806. The standard InChI is InChI=1S/C24H37FN6O2/c1-32-13-10-26-18-2-4-19(5-3-18)30-23-14-20(21(25)16-28-23)22-6-9-27-24(31-22)29-15-17-7-11-33-12-8-17/h6,9,14,17-19,21,26H,2-5,7-8,10-13,15-16H2,1H3,(H,28,30)(H,27,29,31). The smallest absolute Gasteiger partial charge is 0.223 e. The summed E-state index contributed by atoms with van der Waals surface area (Å²) in [7, 11) is 1.73. The fraction of sp³-hybridized carbons (Fsp3) is 0.708. The maximum atomic E-state index is 14.8. The van der Waals surface area contributed by atoms with Crippen LogP contribution in [-0.4, -0.2) is 80.6 Å². The molecule has 1 aromatic rings. The summed E-state index contributed by atoms with van der Waals surface area (Å²) in [5.41, 5.74) is 1.19. The van der Waals surface area contributed by atoms with E-state index in [-0.39, 0.29) is 6.54 Å². The molecule has 0 bridgehead atoms. The highest BCUT2D eigenvalue weighted by Crippen LogP contribution is 2.25. The van der Waals surface area contributed by atoms with E-state index < -0.39 is 6.17 Å². The van der Waals surface area contributed by atoms with Crippen LogP contribution in [0, 0.1) is 5.92 Å². The van der Waals surface area contributed by atoms with Crippen molar-refractivity contribution in [2.24, 2.45) is 10.9 Å². The van der Waals surface area contributed by atoms with Crippen LogP contribution in [0.15, 0.2) is 23.3 Å². The van der Waals surface area contributed by atoms with Crippen LogP contribution in [0.1, 0.15) is 44.2 Å². The molecule has 3 aliphatic rings. The van der Waals surface area contributed by atoms with E-state index in [4.69, 9.17) is 9.47 Å². The van der Waals surface area contributed by atoms with Gasteiger partial charge in [0, 0.05) is 57.3 Å². The zero-order valence-electron chi connectivity index (χ0n) is 19.6. The van der Waals surface area contributed by atoms with E-state index in [0.29, 0.717) is 35.2 Å². The van der Waals surface area contributed by atoms with Gasteiger partial charge in [0.15, 0.2) is 0 Å². The predicted molar refractivity (Wildman–Crippen MR) is 128 cm³/mol. The van der Waals surface area contributed by atoms with Crippen LogP contribution in [0.25, 0.3) is 5.57 Å². The molecule has 0 radical (unpaired) electrons. The summed E-state index contributed by atoms with van der Waals surface area (Å²) in [6.45, 7) is 4.18. The van der Waals surface area contributed by atoms with Gasteiger partial charge < -0.3 is 25.4 Å². The number of alkyl halides is 1. The second kappa shape index (κ2) is 12.4. The fourth-order valence-electron chi connectivity index (χ4n) is 4.69. The molecule has 1 aliphatic carbocycles.